The largest absolute Gasteiger partial charge is 0.507 e. The van der Waals surface area contributed by atoms with Gasteiger partial charge in [0.1, 0.15) is 18.1 Å². The number of benzene rings is 3. The van der Waals surface area contributed by atoms with Crippen LogP contribution < -0.4 is 4.74 Å². The normalized spacial score (nSPS) is 16.6. The van der Waals surface area contributed by atoms with Gasteiger partial charge in [-0.2, -0.15) is 0 Å². The number of aromatic nitrogens is 2. The third kappa shape index (κ3) is 5.89. The Balaban J connectivity index is 1.41. The van der Waals surface area contributed by atoms with Gasteiger partial charge in [0.05, 0.1) is 17.9 Å². The first-order valence-corrected chi connectivity index (χ1v) is 13.1. The monoisotopic (exact) mass is 541 g/mol. The number of hydrogen-bond acceptors (Lipinski definition) is 5. The van der Waals surface area contributed by atoms with Crippen LogP contribution in [0.25, 0.3) is 5.76 Å². The fraction of sp³-hybridized carbons (Fsp3) is 0.194. The van der Waals surface area contributed by atoms with Crippen molar-refractivity contribution in [2.75, 3.05) is 6.54 Å². The second-order valence-electron chi connectivity index (χ2n) is 9.50. The second-order valence-corrected chi connectivity index (χ2v) is 9.94. The maximum atomic E-state index is 13.3. The van der Waals surface area contributed by atoms with E-state index >= 15 is 0 Å². The number of carbonyl (C=O) groups excluding carboxylic acids is 2. The highest BCUT2D eigenvalue weighted by Gasteiger charge is 2.45. The number of nitrogens with zero attached hydrogens (tertiary/aromatic N) is 3. The Bertz CT molecular complexity index is 1500. The van der Waals surface area contributed by atoms with Gasteiger partial charge in [0.15, 0.2) is 0 Å². The van der Waals surface area contributed by atoms with Crippen molar-refractivity contribution >= 4 is 29.1 Å². The Morgan fingerprint density at radius 1 is 1.03 bits per heavy atom. The molecule has 0 bridgehead atoms. The van der Waals surface area contributed by atoms with E-state index in [2.05, 4.69) is 11.1 Å². The Kier molecular flexibility index (Phi) is 7.79. The first-order valence-electron chi connectivity index (χ1n) is 12.7. The number of likely N-dealkylation sites (tertiary alicyclic amines) is 1. The molecule has 7 nitrogen and oxygen atoms in total. The van der Waals surface area contributed by atoms with E-state index < -0.39 is 17.7 Å². The molecule has 1 N–H and O–H groups in total. The van der Waals surface area contributed by atoms with Crippen molar-refractivity contribution in [1.82, 2.24) is 14.5 Å². The van der Waals surface area contributed by atoms with Crippen molar-refractivity contribution in [2.24, 2.45) is 0 Å². The molecule has 0 radical (unpaired) electrons. The Morgan fingerprint density at radius 3 is 2.49 bits per heavy atom. The Labute approximate surface area is 231 Å². The van der Waals surface area contributed by atoms with E-state index in [1.807, 2.05) is 35.9 Å². The Morgan fingerprint density at radius 2 is 1.79 bits per heavy atom. The molecule has 1 saturated heterocycles. The molecule has 8 heteroatoms. The van der Waals surface area contributed by atoms with Crippen LogP contribution in [0.4, 0.5) is 0 Å². The van der Waals surface area contributed by atoms with Crippen molar-refractivity contribution in [1.29, 1.82) is 0 Å². The summed E-state index contributed by atoms with van der Waals surface area (Å²) in [6, 6.07) is 21.2. The molecule has 1 aliphatic heterocycles. The lowest BCUT2D eigenvalue weighted by Crippen LogP contribution is -2.31. The van der Waals surface area contributed by atoms with Crippen LogP contribution in [-0.4, -0.2) is 37.8 Å². The third-order valence-corrected chi connectivity index (χ3v) is 6.97. The van der Waals surface area contributed by atoms with Gasteiger partial charge in [0.25, 0.3) is 11.7 Å². The zero-order valence-electron chi connectivity index (χ0n) is 21.5. The maximum Gasteiger partial charge on any atom is 0.295 e. The van der Waals surface area contributed by atoms with E-state index in [0.717, 1.165) is 11.1 Å². The smallest absolute Gasteiger partial charge is 0.295 e. The summed E-state index contributed by atoms with van der Waals surface area (Å²) in [4.78, 5) is 32.0. The van der Waals surface area contributed by atoms with E-state index in [1.54, 1.807) is 61.1 Å². The van der Waals surface area contributed by atoms with Crippen LogP contribution in [0.5, 0.6) is 5.75 Å². The van der Waals surface area contributed by atoms with Crippen LogP contribution in [0.1, 0.15) is 34.7 Å². The molecule has 39 heavy (non-hydrogen) atoms. The number of aryl methyl sites for hydroxylation is 2. The molecule has 0 saturated carbocycles. The van der Waals surface area contributed by atoms with Crippen molar-refractivity contribution in [2.45, 2.75) is 32.5 Å². The minimum atomic E-state index is -0.734. The van der Waals surface area contributed by atoms with Crippen molar-refractivity contribution < 1.29 is 19.4 Å². The number of ketones is 1. The molecule has 3 aromatic carbocycles. The third-order valence-electron chi connectivity index (χ3n) is 6.72. The molecule has 0 unspecified atom stereocenters. The number of aliphatic hydroxyl groups excluding tert-OH is 1. The second kappa shape index (κ2) is 11.6. The Hall–Kier alpha value is -4.36. The minimum Gasteiger partial charge on any atom is -0.507 e. The van der Waals surface area contributed by atoms with Gasteiger partial charge in [0.2, 0.25) is 0 Å². The number of carbonyl (C=O) groups is 2. The molecule has 2 heterocycles. The van der Waals surface area contributed by atoms with E-state index in [1.165, 1.54) is 4.90 Å². The summed E-state index contributed by atoms with van der Waals surface area (Å²) in [5.74, 6) is -0.951. The van der Waals surface area contributed by atoms with Gasteiger partial charge in [0, 0.05) is 36.1 Å². The van der Waals surface area contributed by atoms with Crippen molar-refractivity contribution in [3.05, 3.63) is 124 Å². The first kappa shape index (κ1) is 26.3. The topological polar surface area (TPSA) is 84.7 Å². The van der Waals surface area contributed by atoms with Crippen LogP contribution in [0.2, 0.25) is 5.02 Å². The zero-order valence-corrected chi connectivity index (χ0v) is 22.2. The van der Waals surface area contributed by atoms with Gasteiger partial charge in [-0.05, 0) is 60.9 Å². The summed E-state index contributed by atoms with van der Waals surface area (Å²) in [7, 11) is 0. The van der Waals surface area contributed by atoms with Gasteiger partial charge in [-0.25, -0.2) is 4.98 Å². The number of amides is 1. The molecule has 1 amide bonds. The van der Waals surface area contributed by atoms with Crippen LogP contribution in [0.3, 0.4) is 0 Å². The molecule has 1 atom stereocenters. The van der Waals surface area contributed by atoms with Crippen LogP contribution in [0, 0.1) is 6.92 Å². The summed E-state index contributed by atoms with van der Waals surface area (Å²) in [5.41, 5.74) is 3.38. The highest BCUT2D eigenvalue weighted by Crippen LogP contribution is 2.40. The highest BCUT2D eigenvalue weighted by molar-refractivity contribution is 6.46. The minimum absolute atomic E-state index is 0.0541. The molecule has 1 fully saturated rings. The number of hydrogen-bond donors (Lipinski definition) is 1. The molecule has 1 aliphatic rings. The molecule has 0 aliphatic carbocycles. The number of halogens is 1. The highest BCUT2D eigenvalue weighted by atomic mass is 35.5. The van der Waals surface area contributed by atoms with Crippen LogP contribution in [-0.2, 0) is 22.7 Å². The predicted molar refractivity (Wildman–Crippen MR) is 149 cm³/mol. The molecule has 1 aromatic heterocycles. The molecular weight excluding hydrogens is 514 g/mol. The summed E-state index contributed by atoms with van der Waals surface area (Å²) in [6.45, 7) is 3.41. The summed E-state index contributed by atoms with van der Waals surface area (Å²) >= 11 is 6.11. The molecular formula is C31H28ClN3O4. The average molecular weight is 542 g/mol. The van der Waals surface area contributed by atoms with Crippen LogP contribution in [0.15, 0.2) is 97.1 Å². The fourth-order valence-electron chi connectivity index (χ4n) is 4.78. The number of imidazole rings is 1. The fourth-order valence-corrected chi connectivity index (χ4v) is 4.90. The number of ether oxygens (including phenoxy) is 1. The molecule has 4 aromatic rings. The lowest BCUT2D eigenvalue weighted by atomic mass is 9.95. The van der Waals surface area contributed by atoms with Crippen LogP contribution >= 0.6 is 11.6 Å². The lowest BCUT2D eigenvalue weighted by Gasteiger charge is -2.25. The molecule has 0 spiro atoms. The van der Waals surface area contributed by atoms with Gasteiger partial charge in [-0.1, -0.05) is 53.6 Å². The van der Waals surface area contributed by atoms with E-state index in [-0.39, 0.29) is 11.3 Å². The van der Waals surface area contributed by atoms with Gasteiger partial charge < -0.3 is 19.3 Å². The zero-order chi connectivity index (χ0) is 27.4. The van der Waals surface area contributed by atoms with E-state index in [0.29, 0.717) is 48.0 Å². The van der Waals surface area contributed by atoms with Crippen molar-refractivity contribution in [3.63, 3.8) is 0 Å². The van der Waals surface area contributed by atoms with E-state index in [4.69, 9.17) is 16.3 Å². The maximum absolute atomic E-state index is 13.3. The summed E-state index contributed by atoms with van der Waals surface area (Å²) < 4.78 is 7.81. The molecule has 5 rings (SSSR count). The number of aliphatic hydroxyl groups is 1. The molecule has 198 valence electrons. The predicted octanol–water partition coefficient (Wildman–Crippen LogP) is 5.94. The number of Topliss-reactive ketones (excluding diaryl/α,β-unsaturated/α-hetero) is 1. The quantitative estimate of drug-likeness (QED) is 0.161. The van der Waals surface area contributed by atoms with Gasteiger partial charge in [-0.15, -0.1) is 0 Å². The summed E-state index contributed by atoms with van der Waals surface area (Å²) in [6.07, 6.45) is 5.86. The van der Waals surface area contributed by atoms with Crippen molar-refractivity contribution in [3.8, 4) is 5.75 Å². The lowest BCUT2D eigenvalue weighted by molar-refractivity contribution is -0.139. The average Bonchev–Trinajstić information content (AvgIpc) is 3.55. The first-order chi connectivity index (χ1) is 18.9. The summed E-state index contributed by atoms with van der Waals surface area (Å²) in [5, 5.41) is 11.9. The number of rotatable bonds is 9. The standard InChI is InChI=1S/C31H28ClN3O4/c1-21-4-2-5-22(18-21)19-39-26-12-8-24(9-13-26)29(36)27-28(23-6-10-25(32)11-7-23)35(31(38)30(27)37)16-3-15-34-17-14-33-20-34/h2,4-14,17-18,20,28,36H,3,15-16,19H2,1H3/t28-/m0/s1. The van der Waals surface area contributed by atoms with Gasteiger partial charge >= 0.3 is 0 Å². The SMILES string of the molecule is Cc1cccc(COc2ccc(C(O)=C3C(=O)C(=O)N(CCCn4ccnc4)[C@H]3c3ccc(Cl)cc3)cc2)c1. The van der Waals surface area contributed by atoms with E-state index in [9.17, 15) is 14.7 Å². The van der Waals surface area contributed by atoms with Gasteiger partial charge in [-0.3, -0.25) is 9.59 Å².